The molecule has 0 bridgehead atoms. The number of amides is 1. The van der Waals surface area contributed by atoms with E-state index in [0.717, 1.165) is 18.6 Å². The third kappa shape index (κ3) is 3.91. The fourth-order valence-corrected chi connectivity index (χ4v) is 3.99. The third-order valence-electron chi connectivity index (χ3n) is 5.48. The second kappa shape index (κ2) is 8.27. The predicted molar refractivity (Wildman–Crippen MR) is 107 cm³/mol. The molecule has 0 spiro atoms. The number of nitrogens with zero attached hydrogens (tertiary/aromatic N) is 2. The van der Waals surface area contributed by atoms with E-state index in [-0.39, 0.29) is 29.5 Å². The van der Waals surface area contributed by atoms with Gasteiger partial charge in [0.2, 0.25) is 0 Å². The summed E-state index contributed by atoms with van der Waals surface area (Å²) in [5.74, 6) is -2.72. The monoisotopic (exact) mass is 426 g/mol. The van der Waals surface area contributed by atoms with Crippen LogP contribution in [0.25, 0.3) is 5.76 Å². The van der Waals surface area contributed by atoms with E-state index in [4.69, 9.17) is 4.74 Å². The Bertz CT molecular complexity index is 1080. The van der Waals surface area contributed by atoms with E-state index in [9.17, 15) is 29.2 Å². The number of hydrogen-bond donors (Lipinski definition) is 1. The highest BCUT2D eigenvalue weighted by Gasteiger charge is 2.47. The van der Waals surface area contributed by atoms with Crippen molar-refractivity contribution in [3.05, 3.63) is 81.2 Å². The van der Waals surface area contributed by atoms with E-state index in [1.54, 1.807) is 6.07 Å². The molecule has 9 heteroatoms. The molecule has 2 fully saturated rings. The molecular weight excluding hydrogens is 407 g/mol. The lowest BCUT2D eigenvalue weighted by Gasteiger charge is -2.27. The predicted octanol–water partition coefficient (Wildman–Crippen LogP) is 3.33. The van der Waals surface area contributed by atoms with Crippen molar-refractivity contribution in [1.29, 1.82) is 0 Å². The Kier molecular flexibility index (Phi) is 5.51. The second-order valence-corrected chi connectivity index (χ2v) is 7.45. The minimum atomic E-state index is -1.03. The van der Waals surface area contributed by atoms with Gasteiger partial charge in [-0.05, 0) is 42.7 Å². The van der Waals surface area contributed by atoms with Gasteiger partial charge in [0.15, 0.2) is 0 Å². The maximum absolute atomic E-state index is 13.3. The number of likely N-dealkylation sites (tertiary alicyclic amines) is 1. The summed E-state index contributed by atoms with van der Waals surface area (Å²) in [5.41, 5.74) is 0.0686. The molecule has 2 aromatic carbocycles. The molecular formula is C22H19FN2O6. The lowest BCUT2D eigenvalue weighted by atomic mass is 9.95. The van der Waals surface area contributed by atoms with Crippen molar-refractivity contribution in [3.63, 3.8) is 0 Å². The minimum absolute atomic E-state index is 0.109. The molecule has 0 saturated carbocycles. The van der Waals surface area contributed by atoms with Gasteiger partial charge in [-0.1, -0.05) is 12.1 Å². The highest BCUT2D eigenvalue weighted by atomic mass is 19.1. The first kappa shape index (κ1) is 20.7. The summed E-state index contributed by atoms with van der Waals surface area (Å²) < 4.78 is 18.9. The van der Waals surface area contributed by atoms with E-state index < -0.39 is 34.2 Å². The zero-order valence-electron chi connectivity index (χ0n) is 16.4. The number of nitro groups is 1. The van der Waals surface area contributed by atoms with Crippen LogP contribution in [0.4, 0.5) is 10.1 Å². The lowest BCUT2D eigenvalue weighted by Crippen LogP contribution is -2.36. The van der Waals surface area contributed by atoms with Crippen molar-refractivity contribution in [2.24, 2.45) is 0 Å². The number of nitro benzene ring substituents is 1. The number of Topliss-reactive ketones (excluding diaryl/α,β-unsaturated/α-hetero) is 1. The van der Waals surface area contributed by atoms with Crippen LogP contribution in [0.1, 0.15) is 30.0 Å². The quantitative estimate of drug-likeness (QED) is 0.258. The molecule has 2 atom stereocenters. The van der Waals surface area contributed by atoms with Gasteiger partial charge in [-0.15, -0.1) is 0 Å². The first-order chi connectivity index (χ1) is 14.9. The number of hydrogen-bond acceptors (Lipinski definition) is 6. The van der Waals surface area contributed by atoms with Gasteiger partial charge in [-0.2, -0.15) is 0 Å². The van der Waals surface area contributed by atoms with E-state index in [0.29, 0.717) is 18.6 Å². The lowest BCUT2D eigenvalue weighted by molar-refractivity contribution is -0.384. The van der Waals surface area contributed by atoms with Gasteiger partial charge < -0.3 is 14.7 Å². The number of aliphatic hydroxyl groups is 1. The number of carbonyl (C=O) groups is 2. The van der Waals surface area contributed by atoms with Crippen LogP contribution in [0, 0.1) is 15.9 Å². The number of non-ortho nitro benzene ring substituents is 1. The first-order valence-electron chi connectivity index (χ1n) is 9.77. The average molecular weight is 426 g/mol. The largest absolute Gasteiger partial charge is 0.507 e. The summed E-state index contributed by atoms with van der Waals surface area (Å²) >= 11 is 0. The van der Waals surface area contributed by atoms with Gasteiger partial charge in [0, 0.05) is 30.8 Å². The van der Waals surface area contributed by atoms with Crippen molar-refractivity contribution < 1.29 is 28.7 Å². The van der Waals surface area contributed by atoms with Crippen molar-refractivity contribution in [2.75, 3.05) is 13.2 Å². The smallest absolute Gasteiger partial charge is 0.295 e. The van der Waals surface area contributed by atoms with Gasteiger partial charge in [-0.3, -0.25) is 19.7 Å². The molecule has 160 valence electrons. The molecule has 1 N–H and O–H groups in total. The van der Waals surface area contributed by atoms with Crippen molar-refractivity contribution in [1.82, 2.24) is 4.90 Å². The maximum Gasteiger partial charge on any atom is 0.295 e. The van der Waals surface area contributed by atoms with Gasteiger partial charge in [0.1, 0.15) is 11.6 Å². The van der Waals surface area contributed by atoms with Crippen LogP contribution in [0.2, 0.25) is 0 Å². The van der Waals surface area contributed by atoms with Crippen LogP contribution in [0.3, 0.4) is 0 Å². The first-order valence-corrected chi connectivity index (χ1v) is 9.77. The van der Waals surface area contributed by atoms with Crippen LogP contribution in [-0.2, 0) is 14.3 Å². The van der Waals surface area contributed by atoms with Crippen LogP contribution < -0.4 is 0 Å². The molecule has 2 heterocycles. The number of ketones is 1. The summed E-state index contributed by atoms with van der Waals surface area (Å²) in [7, 11) is 0. The van der Waals surface area contributed by atoms with E-state index >= 15 is 0 Å². The summed E-state index contributed by atoms with van der Waals surface area (Å²) in [4.78, 5) is 37.8. The fraction of sp³-hybridized carbons (Fsp3) is 0.273. The molecule has 2 aliphatic rings. The molecule has 1 amide bonds. The Morgan fingerprint density at radius 1 is 1.23 bits per heavy atom. The fourth-order valence-electron chi connectivity index (χ4n) is 3.99. The second-order valence-electron chi connectivity index (χ2n) is 7.45. The third-order valence-corrected chi connectivity index (χ3v) is 5.48. The summed E-state index contributed by atoms with van der Waals surface area (Å²) in [6, 6.07) is 9.40. The Morgan fingerprint density at radius 3 is 2.61 bits per heavy atom. The standard InChI is InChI=1S/C22H19FN2O6/c23-15-8-6-13(7-9-15)20(26)18-19(14-3-1-4-16(11-14)25(29)30)24(22(28)21(18)27)12-17-5-2-10-31-17/h1,3-4,6-9,11,17,19,26H,2,5,10,12H2/b20-18+. The molecule has 0 aromatic heterocycles. The summed E-state index contributed by atoms with van der Waals surface area (Å²) in [6.07, 6.45) is 1.26. The van der Waals surface area contributed by atoms with Crippen LogP contribution >= 0.6 is 0 Å². The normalized spacial score (nSPS) is 22.8. The Balaban J connectivity index is 1.85. The molecule has 0 radical (unpaired) electrons. The number of rotatable bonds is 5. The average Bonchev–Trinajstić information content (AvgIpc) is 3.36. The zero-order valence-corrected chi connectivity index (χ0v) is 16.4. The SMILES string of the molecule is O=C1C(=O)N(CC2CCCO2)C(c2cccc([N+](=O)[O-])c2)/C1=C(\O)c1ccc(F)cc1. The number of carbonyl (C=O) groups excluding carboxylic acids is 2. The molecule has 31 heavy (non-hydrogen) atoms. The van der Waals surface area contributed by atoms with E-state index in [1.165, 1.54) is 35.2 Å². The van der Waals surface area contributed by atoms with Crippen molar-refractivity contribution >= 4 is 23.1 Å². The molecule has 2 unspecified atom stereocenters. The molecule has 4 rings (SSSR count). The Hall–Kier alpha value is -3.59. The molecule has 0 aliphatic carbocycles. The van der Waals surface area contributed by atoms with Crippen molar-refractivity contribution in [2.45, 2.75) is 25.0 Å². The van der Waals surface area contributed by atoms with Crippen LogP contribution in [-0.4, -0.2) is 45.9 Å². The van der Waals surface area contributed by atoms with E-state index in [1.807, 2.05) is 0 Å². The summed E-state index contributed by atoms with van der Waals surface area (Å²) in [6.45, 7) is 0.657. The number of halogens is 1. The minimum Gasteiger partial charge on any atom is -0.507 e. The maximum atomic E-state index is 13.3. The van der Waals surface area contributed by atoms with Gasteiger partial charge in [0.05, 0.1) is 22.6 Å². The number of benzene rings is 2. The Morgan fingerprint density at radius 2 is 1.97 bits per heavy atom. The van der Waals surface area contributed by atoms with Crippen molar-refractivity contribution in [3.8, 4) is 0 Å². The highest BCUT2D eigenvalue weighted by Crippen LogP contribution is 2.40. The van der Waals surface area contributed by atoms with E-state index in [2.05, 4.69) is 0 Å². The zero-order chi connectivity index (χ0) is 22.1. The molecule has 2 aromatic rings. The van der Waals surface area contributed by atoms with Gasteiger partial charge in [0.25, 0.3) is 17.4 Å². The molecule has 2 saturated heterocycles. The van der Waals surface area contributed by atoms with Crippen LogP contribution in [0.5, 0.6) is 0 Å². The topological polar surface area (TPSA) is 110 Å². The highest BCUT2D eigenvalue weighted by molar-refractivity contribution is 6.46. The summed E-state index contributed by atoms with van der Waals surface area (Å²) in [5, 5.41) is 22.1. The Labute approximate surface area is 176 Å². The number of ether oxygens (including phenoxy) is 1. The number of aliphatic hydroxyl groups excluding tert-OH is 1. The van der Waals surface area contributed by atoms with Gasteiger partial charge in [-0.25, -0.2) is 4.39 Å². The molecule has 8 nitrogen and oxygen atoms in total. The van der Waals surface area contributed by atoms with Gasteiger partial charge >= 0.3 is 0 Å². The molecule has 2 aliphatic heterocycles. The van der Waals surface area contributed by atoms with Crippen LogP contribution in [0.15, 0.2) is 54.1 Å².